The fourth-order valence-electron chi connectivity index (χ4n) is 2.80. The topological polar surface area (TPSA) is 24.9 Å². The smallest absolute Gasteiger partial charge is 0.0754 e. The number of aryl methyl sites for hydroxylation is 2. The van der Waals surface area contributed by atoms with Gasteiger partial charge in [-0.15, -0.1) is 0 Å². The molecule has 0 saturated carbocycles. The Hall–Kier alpha value is -1.67. The first-order valence-electron chi connectivity index (χ1n) is 8.06. The van der Waals surface area contributed by atoms with Crippen molar-refractivity contribution in [3.63, 3.8) is 0 Å². The quantitative estimate of drug-likeness (QED) is 0.819. The van der Waals surface area contributed by atoms with E-state index in [2.05, 4.69) is 61.4 Å². The van der Waals surface area contributed by atoms with Gasteiger partial charge in [0.15, 0.2) is 0 Å². The summed E-state index contributed by atoms with van der Waals surface area (Å²) >= 11 is 0. The van der Waals surface area contributed by atoms with Crippen LogP contribution in [0.2, 0.25) is 0 Å². The lowest BCUT2D eigenvalue weighted by Gasteiger charge is -2.21. The highest BCUT2D eigenvalue weighted by molar-refractivity contribution is 5.35. The molecule has 2 aromatic rings. The van der Waals surface area contributed by atoms with E-state index >= 15 is 0 Å². The van der Waals surface area contributed by atoms with E-state index < -0.39 is 0 Å². The van der Waals surface area contributed by atoms with Crippen LogP contribution in [0.25, 0.3) is 0 Å². The van der Waals surface area contributed by atoms with Crippen molar-refractivity contribution in [3.8, 4) is 0 Å². The summed E-state index contributed by atoms with van der Waals surface area (Å²) in [6.07, 6.45) is 5.23. The zero-order chi connectivity index (χ0) is 15.1. The number of nitrogens with one attached hydrogen (secondary N) is 1. The van der Waals surface area contributed by atoms with Crippen molar-refractivity contribution in [2.24, 2.45) is 0 Å². The fourth-order valence-corrected chi connectivity index (χ4v) is 2.80. The third-order valence-corrected chi connectivity index (χ3v) is 3.81. The van der Waals surface area contributed by atoms with Crippen molar-refractivity contribution in [1.82, 2.24) is 10.3 Å². The molecule has 0 aliphatic rings. The van der Waals surface area contributed by atoms with Gasteiger partial charge >= 0.3 is 0 Å². The number of aromatic nitrogens is 1. The Bertz CT molecular complexity index is 563. The van der Waals surface area contributed by atoms with Crippen molar-refractivity contribution >= 4 is 0 Å². The van der Waals surface area contributed by atoms with Crippen molar-refractivity contribution < 1.29 is 0 Å². The van der Waals surface area contributed by atoms with E-state index in [0.717, 1.165) is 25.1 Å². The number of hydrogen-bond acceptors (Lipinski definition) is 2. The van der Waals surface area contributed by atoms with Gasteiger partial charge in [0.1, 0.15) is 0 Å². The molecule has 0 fully saturated rings. The highest BCUT2D eigenvalue weighted by atomic mass is 14.9. The molecule has 0 radical (unpaired) electrons. The molecule has 0 aliphatic carbocycles. The summed E-state index contributed by atoms with van der Waals surface area (Å²) in [5.41, 5.74) is 5.21. The minimum absolute atomic E-state index is 0.183. The Morgan fingerprint density at radius 1 is 1.10 bits per heavy atom. The van der Waals surface area contributed by atoms with Crippen LogP contribution in [-0.4, -0.2) is 11.5 Å². The second kappa shape index (κ2) is 7.94. The standard InChI is InChI=1S/C19H26N2/c1-4-9-15-10-7-11-17(14-15)19(20-6-3)18-16(5-2)12-8-13-21-18/h7-8,10-14,19-20H,4-6,9H2,1-3H3. The monoisotopic (exact) mass is 282 g/mol. The lowest BCUT2D eigenvalue weighted by atomic mass is 9.96. The largest absolute Gasteiger partial charge is 0.305 e. The Balaban J connectivity index is 2.40. The van der Waals surface area contributed by atoms with Crippen LogP contribution in [0.1, 0.15) is 55.6 Å². The van der Waals surface area contributed by atoms with Crippen LogP contribution in [-0.2, 0) is 12.8 Å². The molecule has 21 heavy (non-hydrogen) atoms. The maximum atomic E-state index is 4.66. The van der Waals surface area contributed by atoms with E-state index in [4.69, 9.17) is 0 Å². The van der Waals surface area contributed by atoms with E-state index in [-0.39, 0.29) is 6.04 Å². The highest BCUT2D eigenvalue weighted by Gasteiger charge is 2.17. The van der Waals surface area contributed by atoms with E-state index in [1.807, 2.05) is 12.3 Å². The molecule has 1 aromatic heterocycles. The van der Waals surface area contributed by atoms with Gasteiger partial charge in [-0.2, -0.15) is 0 Å². The molecule has 1 N–H and O–H groups in total. The first-order chi connectivity index (χ1) is 10.3. The molecule has 0 amide bonds. The van der Waals surface area contributed by atoms with E-state index in [0.29, 0.717) is 0 Å². The number of benzene rings is 1. The molecule has 1 heterocycles. The molecule has 0 aliphatic heterocycles. The van der Waals surface area contributed by atoms with Crippen molar-refractivity contribution in [2.75, 3.05) is 6.54 Å². The Kier molecular flexibility index (Phi) is 5.94. The molecule has 0 saturated heterocycles. The van der Waals surface area contributed by atoms with Gasteiger partial charge in [-0.05, 0) is 42.1 Å². The molecule has 1 aromatic carbocycles. The zero-order valence-electron chi connectivity index (χ0n) is 13.4. The van der Waals surface area contributed by atoms with Gasteiger partial charge in [-0.3, -0.25) is 4.98 Å². The lowest BCUT2D eigenvalue weighted by molar-refractivity contribution is 0.608. The van der Waals surface area contributed by atoms with E-state index in [1.165, 1.54) is 23.1 Å². The summed E-state index contributed by atoms with van der Waals surface area (Å²) in [6.45, 7) is 7.50. The Labute approximate surface area is 128 Å². The van der Waals surface area contributed by atoms with Crippen molar-refractivity contribution in [1.29, 1.82) is 0 Å². The first kappa shape index (κ1) is 15.7. The van der Waals surface area contributed by atoms with Crippen LogP contribution in [0, 0.1) is 0 Å². The predicted octanol–water partition coefficient (Wildman–Crippen LogP) is 4.30. The van der Waals surface area contributed by atoms with Crippen LogP contribution in [0.3, 0.4) is 0 Å². The number of pyridine rings is 1. The minimum atomic E-state index is 0.183. The summed E-state index contributed by atoms with van der Waals surface area (Å²) < 4.78 is 0. The third kappa shape index (κ3) is 3.92. The molecule has 1 unspecified atom stereocenters. The second-order valence-corrected chi connectivity index (χ2v) is 5.39. The number of rotatable bonds is 7. The lowest BCUT2D eigenvalue weighted by Crippen LogP contribution is -2.24. The van der Waals surface area contributed by atoms with Crippen LogP contribution in [0.5, 0.6) is 0 Å². The zero-order valence-corrected chi connectivity index (χ0v) is 13.4. The average molecular weight is 282 g/mol. The van der Waals surface area contributed by atoms with Crippen LogP contribution >= 0.6 is 0 Å². The van der Waals surface area contributed by atoms with E-state index in [9.17, 15) is 0 Å². The number of hydrogen-bond donors (Lipinski definition) is 1. The van der Waals surface area contributed by atoms with Gasteiger partial charge in [0.05, 0.1) is 11.7 Å². The van der Waals surface area contributed by atoms with E-state index in [1.54, 1.807) is 0 Å². The molecular weight excluding hydrogens is 256 g/mol. The van der Waals surface area contributed by atoms with Gasteiger partial charge in [-0.1, -0.05) is 57.5 Å². The molecule has 112 valence electrons. The van der Waals surface area contributed by atoms with Gasteiger partial charge in [0, 0.05) is 6.20 Å². The maximum Gasteiger partial charge on any atom is 0.0754 e. The van der Waals surface area contributed by atoms with Gasteiger partial charge in [0.2, 0.25) is 0 Å². The second-order valence-electron chi connectivity index (χ2n) is 5.39. The van der Waals surface area contributed by atoms with Crippen LogP contribution in [0.15, 0.2) is 42.6 Å². The predicted molar refractivity (Wildman–Crippen MR) is 89.6 cm³/mol. The molecular formula is C19H26N2. The molecule has 1 atom stereocenters. The average Bonchev–Trinajstić information content (AvgIpc) is 2.53. The maximum absolute atomic E-state index is 4.66. The van der Waals surface area contributed by atoms with Crippen LogP contribution in [0.4, 0.5) is 0 Å². The van der Waals surface area contributed by atoms with Crippen molar-refractivity contribution in [2.45, 2.75) is 46.1 Å². The summed E-state index contributed by atoms with van der Waals surface area (Å²) in [7, 11) is 0. The molecule has 0 spiro atoms. The van der Waals surface area contributed by atoms with Crippen LogP contribution < -0.4 is 5.32 Å². The minimum Gasteiger partial charge on any atom is -0.305 e. The SMILES string of the molecule is CCCc1cccc(C(NCC)c2ncccc2CC)c1. The molecule has 2 heteroatoms. The highest BCUT2D eigenvalue weighted by Crippen LogP contribution is 2.24. The molecule has 0 bridgehead atoms. The summed E-state index contributed by atoms with van der Waals surface area (Å²) in [5.74, 6) is 0. The number of nitrogens with zero attached hydrogens (tertiary/aromatic N) is 1. The molecule has 2 rings (SSSR count). The van der Waals surface area contributed by atoms with Crippen molar-refractivity contribution in [3.05, 3.63) is 65.0 Å². The molecule has 2 nitrogen and oxygen atoms in total. The Morgan fingerprint density at radius 2 is 1.95 bits per heavy atom. The third-order valence-electron chi connectivity index (χ3n) is 3.81. The summed E-state index contributed by atoms with van der Waals surface area (Å²) in [6, 6.07) is 13.3. The Morgan fingerprint density at radius 3 is 2.67 bits per heavy atom. The fraction of sp³-hybridized carbons (Fsp3) is 0.421. The van der Waals surface area contributed by atoms with Gasteiger partial charge in [-0.25, -0.2) is 0 Å². The normalized spacial score (nSPS) is 12.3. The van der Waals surface area contributed by atoms with Gasteiger partial charge in [0.25, 0.3) is 0 Å². The summed E-state index contributed by atoms with van der Waals surface area (Å²) in [4.78, 5) is 4.66. The van der Waals surface area contributed by atoms with Gasteiger partial charge < -0.3 is 5.32 Å². The summed E-state index contributed by atoms with van der Waals surface area (Å²) in [5, 5.41) is 3.60. The first-order valence-corrected chi connectivity index (χ1v) is 8.06.